The van der Waals surface area contributed by atoms with Gasteiger partial charge in [-0.05, 0) is 60.6 Å². The van der Waals surface area contributed by atoms with E-state index in [2.05, 4.69) is 5.32 Å². The molecule has 1 aromatic heterocycles. The molecule has 1 heterocycles. The second-order valence-corrected chi connectivity index (χ2v) is 7.97. The lowest BCUT2D eigenvalue weighted by molar-refractivity contribution is 0.0697. The van der Waals surface area contributed by atoms with Gasteiger partial charge in [0.15, 0.2) is 0 Å². The number of hydrogen-bond acceptors (Lipinski definition) is 4. The molecule has 2 aromatic carbocycles. The molecule has 1 aliphatic rings. The second kappa shape index (κ2) is 7.48. The van der Waals surface area contributed by atoms with Gasteiger partial charge in [-0.3, -0.25) is 4.79 Å². The standard InChI is InChI=1S/C22H19NO4S/c24-16-9-6-13(7-10-16)15-8-11-17-18(12-15)28-21(19(17)22(26)27)23-20(25)14-4-2-1-3-5-14/h1-7,9-10,15,24H,8,11-12H2,(H,23,25)(H,26,27). The Labute approximate surface area is 166 Å². The smallest absolute Gasteiger partial charge is 0.339 e. The number of carboxylic acid groups (broad SMARTS) is 1. The molecule has 0 saturated carbocycles. The first kappa shape index (κ1) is 18.3. The molecule has 6 heteroatoms. The van der Waals surface area contributed by atoms with Gasteiger partial charge < -0.3 is 15.5 Å². The number of aromatic hydroxyl groups is 1. The second-order valence-electron chi connectivity index (χ2n) is 6.86. The van der Waals surface area contributed by atoms with Crippen molar-refractivity contribution in [2.24, 2.45) is 0 Å². The van der Waals surface area contributed by atoms with E-state index in [1.807, 2.05) is 18.2 Å². The maximum atomic E-state index is 12.5. The third kappa shape index (κ3) is 3.51. The molecule has 3 N–H and O–H groups in total. The van der Waals surface area contributed by atoms with Gasteiger partial charge in [-0.1, -0.05) is 30.3 Å². The van der Waals surface area contributed by atoms with Crippen molar-refractivity contribution >= 4 is 28.2 Å². The topological polar surface area (TPSA) is 86.6 Å². The van der Waals surface area contributed by atoms with Crippen molar-refractivity contribution in [3.8, 4) is 5.75 Å². The summed E-state index contributed by atoms with van der Waals surface area (Å²) >= 11 is 1.35. The Hall–Kier alpha value is -3.12. The van der Waals surface area contributed by atoms with Crippen LogP contribution < -0.4 is 5.32 Å². The number of carbonyl (C=O) groups is 2. The molecule has 1 atom stereocenters. The molecule has 1 aliphatic carbocycles. The minimum atomic E-state index is -1.01. The average Bonchev–Trinajstić information content (AvgIpc) is 3.06. The average molecular weight is 393 g/mol. The molecular formula is C22H19NO4S. The highest BCUT2D eigenvalue weighted by Gasteiger charge is 2.30. The van der Waals surface area contributed by atoms with Gasteiger partial charge in [-0.15, -0.1) is 11.3 Å². The number of hydrogen-bond donors (Lipinski definition) is 3. The molecule has 1 amide bonds. The van der Waals surface area contributed by atoms with Gasteiger partial charge in [-0.2, -0.15) is 0 Å². The number of phenolic OH excluding ortho intramolecular Hbond substituents is 1. The number of thiophene rings is 1. The van der Waals surface area contributed by atoms with Gasteiger partial charge in [0.2, 0.25) is 0 Å². The molecular weight excluding hydrogens is 374 g/mol. The third-order valence-corrected chi connectivity index (χ3v) is 6.28. The molecule has 3 aromatic rings. The number of benzene rings is 2. The highest BCUT2D eigenvalue weighted by Crippen LogP contribution is 2.42. The van der Waals surface area contributed by atoms with E-state index in [0.717, 1.165) is 28.8 Å². The van der Waals surface area contributed by atoms with Crippen molar-refractivity contribution in [1.29, 1.82) is 0 Å². The first-order valence-corrected chi connectivity index (χ1v) is 9.87. The summed E-state index contributed by atoms with van der Waals surface area (Å²) in [7, 11) is 0. The lowest BCUT2D eigenvalue weighted by Gasteiger charge is -2.22. The van der Waals surface area contributed by atoms with E-state index in [1.165, 1.54) is 11.3 Å². The van der Waals surface area contributed by atoms with Crippen molar-refractivity contribution in [1.82, 2.24) is 0 Å². The Morgan fingerprint density at radius 3 is 2.43 bits per heavy atom. The van der Waals surface area contributed by atoms with Crippen LogP contribution in [0.15, 0.2) is 54.6 Å². The molecule has 28 heavy (non-hydrogen) atoms. The van der Waals surface area contributed by atoms with E-state index >= 15 is 0 Å². The normalized spacial score (nSPS) is 15.6. The van der Waals surface area contributed by atoms with E-state index in [0.29, 0.717) is 17.0 Å². The number of anilines is 1. The van der Waals surface area contributed by atoms with Gasteiger partial charge in [0.1, 0.15) is 10.8 Å². The van der Waals surface area contributed by atoms with Gasteiger partial charge in [-0.25, -0.2) is 4.79 Å². The SMILES string of the molecule is O=C(Nc1sc2c(c1C(=O)O)CCC(c1ccc(O)cc1)C2)c1ccccc1. The van der Waals surface area contributed by atoms with Gasteiger partial charge in [0.05, 0.1) is 5.56 Å². The van der Waals surface area contributed by atoms with E-state index in [4.69, 9.17) is 0 Å². The number of nitrogens with one attached hydrogen (secondary N) is 1. The number of amides is 1. The lowest BCUT2D eigenvalue weighted by Crippen LogP contribution is -2.15. The third-order valence-electron chi connectivity index (χ3n) is 5.11. The predicted octanol–water partition coefficient (Wildman–Crippen LogP) is 4.68. The lowest BCUT2D eigenvalue weighted by atomic mass is 9.83. The van der Waals surface area contributed by atoms with Crippen LogP contribution in [0.5, 0.6) is 5.75 Å². The van der Waals surface area contributed by atoms with E-state index in [-0.39, 0.29) is 23.1 Å². The highest BCUT2D eigenvalue weighted by molar-refractivity contribution is 7.17. The minimum absolute atomic E-state index is 0.216. The fraction of sp³-hybridized carbons (Fsp3) is 0.182. The summed E-state index contributed by atoms with van der Waals surface area (Å²) in [6.07, 6.45) is 2.22. The quantitative estimate of drug-likeness (QED) is 0.601. The number of rotatable bonds is 4. The number of carbonyl (C=O) groups excluding carboxylic acids is 1. The van der Waals surface area contributed by atoms with Crippen molar-refractivity contribution in [2.75, 3.05) is 5.32 Å². The Bertz CT molecular complexity index is 1020. The van der Waals surface area contributed by atoms with E-state index < -0.39 is 5.97 Å². The van der Waals surface area contributed by atoms with Crippen LogP contribution in [0.1, 0.15) is 49.1 Å². The van der Waals surface area contributed by atoms with Crippen molar-refractivity contribution < 1.29 is 19.8 Å². The van der Waals surface area contributed by atoms with Crippen LogP contribution in [0.2, 0.25) is 0 Å². The first-order valence-electron chi connectivity index (χ1n) is 9.06. The molecule has 0 spiro atoms. The number of fused-ring (bicyclic) bond motifs is 1. The number of aromatic carboxylic acids is 1. The highest BCUT2D eigenvalue weighted by atomic mass is 32.1. The van der Waals surface area contributed by atoms with Crippen molar-refractivity contribution in [3.05, 3.63) is 81.7 Å². The zero-order valence-corrected chi connectivity index (χ0v) is 15.8. The summed E-state index contributed by atoms with van der Waals surface area (Å²) in [6, 6.07) is 15.9. The molecule has 4 rings (SSSR count). The van der Waals surface area contributed by atoms with Crippen LogP contribution >= 0.6 is 11.3 Å². The fourth-order valence-electron chi connectivity index (χ4n) is 3.70. The summed E-state index contributed by atoms with van der Waals surface area (Å²) in [5, 5.41) is 22.4. The Morgan fingerprint density at radius 1 is 1.04 bits per heavy atom. The fourth-order valence-corrected chi connectivity index (χ4v) is 5.01. The molecule has 0 bridgehead atoms. The summed E-state index contributed by atoms with van der Waals surface area (Å²) < 4.78 is 0. The van der Waals surface area contributed by atoms with Crippen molar-refractivity contribution in [2.45, 2.75) is 25.2 Å². The number of phenols is 1. The predicted molar refractivity (Wildman–Crippen MR) is 109 cm³/mol. The monoisotopic (exact) mass is 393 g/mol. The molecule has 0 saturated heterocycles. The van der Waals surface area contributed by atoms with Gasteiger partial charge in [0.25, 0.3) is 5.91 Å². The van der Waals surface area contributed by atoms with Crippen LogP contribution in [0.25, 0.3) is 0 Å². The Kier molecular flexibility index (Phi) is 4.88. The maximum absolute atomic E-state index is 12.5. The zero-order chi connectivity index (χ0) is 19.7. The summed E-state index contributed by atoms with van der Waals surface area (Å²) in [5.74, 6) is -0.817. The molecule has 1 unspecified atom stereocenters. The van der Waals surface area contributed by atoms with Gasteiger partial charge in [0, 0.05) is 10.4 Å². The molecule has 5 nitrogen and oxygen atoms in total. The van der Waals surface area contributed by atoms with Crippen LogP contribution in [0.3, 0.4) is 0 Å². The molecule has 0 fully saturated rings. The summed E-state index contributed by atoms with van der Waals surface area (Å²) in [6.45, 7) is 0. The molecule has 142 valence electrons. The van der Waals surface area contributed by atoms with Crippen LogP contribution in [0.4, 0.5) is 5.00 Å². The van der Waals surface area contributed by atoms with Crippen LogP contribution in [-0.2, 0) is 12.8 Å². The summed E-state index contributed by atoms with van der Waals surface area (Å²) in [5.41, 5.74) is 2.67. The number of carboxylic acids is 1. The summed E-state index contributed by atoms with van der Waals surface area (Å²) in [4.78, 5) is 25.4. The van der Waals surface area contributed by atoms with Crippen molar-refractivity contribution in [3.63, 3.8) is 0 Å². The first-order chi connectivity index (χ1) is 13.5. The van der Waals surface area contributed by atoms with Gasteiger partial charge >= 0.3 is 5.97 Å². The zero-order valence-electron chi connectivity index (χ0n) is 15.0. The molecule has 0 radical (unpaired) electrons. The van der Waals surface area contributed by atoms with E-state index in [9.17, 15) is 19.8 Å². The Morgan fingerprint density at radius 2 is 1.75 bits per heavy atom. The van der Waals surface area contributed by atoms with Crippen LogP contribution in [0, 0.1) is 0 Å². The maximum Gasteiger partial charge on any atom is 0.339 e. The van der Waals surface area contributed by atoms with E-state index in [1.54, 1.807) is 36.4 Å². The Balaban J connectivity index is 1.62. The molecule has 0 aliphatic heterocycles. The van der Waals surface area contributed by atoms with Crippen LogP contribution in [-0.4, -0.2) is 22.1 Å². The minimum Gasteiger partial charge on any atom is -0.508 e. The largest absolute Gasteiger partial charge is 0.508 e.